The van der Waals surface area contributed by atoms with E-state index in [1.165, 1.54) is 5.56 Å². The minimum Gasteiger partial charge on any atom is -0.365 e. The predicted octanol–water partition coefficient (Wildman–Crippen LogP) is 2.53. The summed E-state index contributed by atoms with van der Waals surface area (Å²) < 4.78 is 1.92. The van der Waals surface area contributed by atoms with Crippen LogP contribution >= 0.6 is 0 Å². The summed E-state index contributed by atoms with van der Waals surface area (Å²) in [5.74, 6) is 0.885. The van der Waals surface area contributed by atoms with Crippen LogP contribution < -0.4 is 5.32 Å². The molecule has 1 aromatic carbocycles. The Labute approximate surface area is 95.4 Å². The quantitative estimate of drug-likeness (QED) is 0.773. The van der Waals surface area contributed by atoms with Crippen LogP contribution in [0, 0.1) is 0 Å². The lowest BCUT2D eigenvalue weighted by molar-refractivity contribution is 0.689. The van der Waals surface area contributed by atoms with E-state index in [9.17, 15) is 0 Å². The van der Waals surface area contributed by atoms with Gasteiger partial charge in [0.05, 0.1) is 6.54 Å². The van der Waals surface area contributed by atoms with Gasteiger partial charge in [0, 0.05) is 18.8 Å². The van der Waals surface area contributed by atoms with Gasteiger partial charge in [0.15, 0.2) is 0 Å². The van der Waals surface area contributed by atoms with Crippen molar-refractivity contribution in [1.82, 2.24) is 9.78 Å². The molecule has 2 rings (SSSR count). The lowest BCUT2D eigenvalue weighted by Crippen LogP contribution is -2.03. The molecule has 0 fully saturated rings. The minimum absolute atomic E-state index is 0.738. The van der Waals surface area contributed by atoms with Gasteiger partial charge in [0.25, 0.3) is 0 Å². The Hall–Kier alpha value is -2.03. The molecule has 0 unspecified atom stereocenters. The highest BCUT2D eigenvalue weighted by molar-refractivity contribution is 5.33. The fourth-order valence-corrected chi connectivity index (χ4v) is 1.49. The number of benzene rings is 1. The Kier molecular flexibility index (Phi) is 3.38. The molecule has 2 aromatic rings. The van der Waals surface area contributed by atoms with Gasteiger partial charge in [-0.15, -0.1) is 6.58 Å². The summed E-state index contributed by atoms with van der Waals surface area (Å²) in [6.45, 7) is 5.19. The number of aromatic nitrogens is 2. The maximum atomic E-state index is 4.40. The first-order chi connectivity index (χ1) is 7.88. The number of rotatable bonds is 5. The molecule has 0 radical (unpaired) electrons. The van der Waals surface area contributed by atoms with Crippen molar-refractivity contribution in [2.45, 2.75) is 6.54 Å². The first-order valence-electron chi connectivity index (χ1n) is 5.30. The smallest absolute Gasteiger partial charge is 0.148 e. The molecular formula is C13H15N3. The molecule has 0 aliphatic rings. The van der Waals surface area contributed by atoms with Gasteiger partial charge in [0.2, 0.25) is 0 Å². The molecule has 0 saturated heterocycles. The zero-order chi connectivity index (χ0) is 11.2. The Morgan fingerprint density at radius 2 is 2.06 bits per heavy atom. The van der Waals surface area contributed by atoms with Crippen LogP contribution in [-0.2, 0) is 6.54 Å². The van der Waals surface area contributed by atoms with E-state index in [-0.39, 0.29) is 0 Å². The van der Waals surface area contributed by atoms with Crippen molar-refractivity contribution in [3.05, 3.63) is 60.8 Å². The number of nitrogens with zero attached hydrogens (tertiary/aromatic N) is 2. The molecule has 0 amide bonds. The van der Waals surface area contributed by atoms with Crippen LogP contribution in [0.4, 0.5) is 5.82 Å². The maximum absolute atomic E-state index is 4.40. The number of nitrogens with one attached hydrogen (secondary N) is 1. The van der Waals surface area contributed by atoms with Crippen LogP contribution in [0.5, 0.6) is 0 Å². The molecule has 0 saturated carbocycles. The van der Waals surface area contributed by atoms with Crippen LogP contribution in [-0.4, -0.2) is 16.3 Å². The van der Waals surface area contributed by atoms with Gasteiger partial charge in [-0.2, -0.15) is 5.10 Å². The standard InChI is InChI=1S/C13H15N3/c1-2-9-14-13-8-10-16(15-13)11-12-6-4-3-5-7-12/h2-8,10H,1,9,11H2,(H,14,15). The lowest BCUT2D eigenvalue weighted by atomic mass is 10.2. The van der Waals surface area contributed by atoms with Gasteiger partial charge in [-0.25, -0.2) is 0 Å². The summed E-state index contributed by atoms with van der Waals surface area (Å²) in [5, 5.41) is 7.55. The molecule has 0 spiro atoms. The Morgan fingerprint density at radius 1 is 1.25 bits per heavy atom. The largest absolute Gasteiger partial charge is 0.365 e. The monoisotopic (exact) mass is 213 g/mol. The average molecular weight is 213 g/mol. The Morgan fingerprint density at radius 3 is 2.81 bits per heavy atom. The fraction of sp³-hybridized carbons (Fsp3) is 0.154. The average Bonchev–Trinajstić information content (AvgIpc) is 2.75. The zero-order valence-corrected chi connectivity index (χ0v) is 9.13. The molecule has 82 valence electrons. The van der Waals surface area contributed by atoms with E-state index < -0.39 is 0 Å². The molecule has 0 atom stereocenters. The molecule has 1 aromatic heterocycles. The molecule has 3 nitrogen and oxygen atoms in total. The van der Waals surface area contributed by atoms with E-state index in [0.29, 0.717) is 0 Å². The van der Waals surface area contributed by atoms with Crippen molar-refractivity contribution < 1.29 is 0 Å². The normalized spacial score (nSPS) is 10.0. The summed E-state index contributed by atoms with van der Waals surface area (Å²) >= 11 is 0. The van der Waals surface area contributed by atoms with Gasteiger partial charge >= 0.3 is 0 Å². The first kappa shape index (κ1) is 10.5. The second-order valence-corrected chi connectivity index (χ2v) is 3.55. The molecular weight excluding hydrogens is 198 g/mol. The Bertz CT molecular complexity index is 445. The highest BCUT2D eigenvalue weighted by atomic mass is 15.3. The minimum atomic E-state index is 0.738. The summed E-state index contributed by atoms with van der Waals surface area (Å²) in [6, 6.07) is 12.2. The number of hydrogen-bond acceptors (Lipinski definition) is 2. The lowest BCUT2D eigenvalue weighted by Gasteiger charge is -2.01. The van der Waals surface area contributed by atoms with Gasteiger partial charge in [0.1, 0.15) is 5.82 Å². The van der Waals surface area contributed by atoms with Crippen molar-refractivity contribution in [1.29, 1.82) is 0 Å². The fourth-order valence-electron chi connectivity index (χ4n) is 1.49. The van der Waals surface area contributed by atoms with Gasteiger partial charge in [-0.1, -0.05) is 36.4 Å². The molecule has 3 heteroatoms. The maximum Gasteiger partial charge on any atom is 0.148 e. The number of hydrogen-bond donors (Lipinski definition) is 1. The SMILES string of the molecule is C=CCNc1ccn(Cc2ccccc2)n1. The van der Waals surface area contributed by atoms with Crippen molar-refractivity contribution in [3.63, 3.8) is 0 Å². The van der Waals surface area contributed by atoms with Crippen LogP contribution in [0.25, 0.3) is 0 Å². The zero-order valence-electron chi connectivity index (χ0n) is 9.13. The molecule has 0 aliphatic carbocycles. The van der Waals surface area contributed by atoms with Crippen molar-refractivity contribution in [2.24, 2.45) is 0 Å². The van der Waals surface area contributed by atoms with Crippen molar-refractivity contribution in [3.8, 4) is 0 Å². The summed E-state index contributed by atoms with van der Waals surface area (Å²) in [7, 11) is 0. The van der Waals surface area contributed by atoms with Gasteiger partial charge in [-0.3, -0.25) is 4.68 Å². The summed E-state index contributed by atoms with van der Waals surface area (Å²) in [6.07, 6.45) is 3.79. The van der Waals surface area contributed by atoms with Crippen LogP contribution in [0.3, 0.4) is 0 Å². The highest BCUT2D eigenvalue weighted by Crippen LogP contribution is 2.05. The first-order valence-corrected chi connectivity index (χ1v) is 5.30. The second-order valence-electron chi connectivity index (χ2n) is 3.55. The highest BCUT2D eigenvalue weighted by Gasteiger charge is 1.97. The predicted molar refractivity (Wildman–Crippen MR) is 66.5 cm³/mol. The molecule has 0 bridgehead atoms. The summed E-state index contributed by atoms with van der Waals surface area (Å²) in [5.41, 5.74) is 1.25. The van der Waals surface area contributed by atoms with Gasteiger partial charge < -0.3 is 5.32 Å². The van der Waals surface area contributed by atoms with Crippen LogP contribution in [0.2, 0.25) is 0 Å². The second kappa shape index (κ2) is 5.16. The Balaban J connectivity index is 2.00. The third-order valence-electron chi connectivity index (χ3n) is 2.26. The van der Waals surface area contributed by atoms with E-state index in [1.54, 1.807) is 0 Å². The van der Waals surface area contributed by atoms with Crippen molar-refractivity contribution >= 4 is 5.82 Å². The van der Waals surface area contributed by atoms with E-state index in [2.05, 4.69) is 29.1 Å². The van der Waals surface area contributed by atoms with E-state index >= 15 is 0 Å². The molecule has 1 heterocycles. The third-order valence-corrected chi connectivity index (χ3v) is 2.26. The van der Waals surface area contributed by atoms with Crippen LogP contribution in [0.1, 0.15) is 5.56 Å². The van der Waals surface area contributed by atoms with E-state index in [1.807, 2.05) is 41.2 Å². The van der Waals surface area contributed by atoms with E-state index in [0.717, 1.165) is 18.9 Å². The number of anilines is 1. The topological polar surface area (TPSA) is 29.9 Å². The van der Waals surface area contributed by atoms with Crippen molar-refractivity contribution in [2.75, 3.05) is 11.9 Å². The van der Waals surface area contributed by atoms with E-state index in [4.69, 9.17) is 0 Å². The third kappa shape index (κ3) is 2.73. The van der Waals surface area contributed by atoms with Gasteiger partial charge in [-0.05, 0) is 5.56 Å². The summed E-state index contributed by atoms with van der Waals surface area (Å²) in [4.78, 5) is 0. The molecule has 1 N–H and O–H groups in total. The molecule has 0 aliphatic heterocycles. The van der Waals surface area contributed by atoms with Crippen LogP contribution in [0.15, 0.2) is 55.3 Å². The molecule has 16 heavy (non-hydrogen) atoms.